The quantitative estimate of drug-likeness (QED) is 0.686. The molecule has 0 bridgehead atoms. The van der Waals surface area contributed by atoms with Crippen molar-refractivity contribution in [2.45, 2.75) is 19.5 Å². The molecule has 1 rings (SSSR count). The standard InChI is InChI=1S/C9H15F3N2/c1-3-5-14-6-4-8(7-13(14)2)9(10,11)12/h4,6,8H,3,5,7H2,1-2H3. The molecule has 14 heavy (non-hydrogen) atoms. The van der Waals surface area contributed by atoms with Gasteiger partial charge in [-0.05, 0) is 6.42 Å². The van der Waals surface area contributed by atoms with E-state index in [-0.39, 0.29) is 6.54 Å². The molecule has 2 nitrogen and oxygen atoms in total. The van der Waals surface area contributed by atoms with Crippen molar-refractivity contribution >= 4 is 0 Å². The van der Waals surface area contributed by atoms with Gasteiger partial charge in [0, 0.05) is 26.3 Å². The molecule has 5 heteroatoms. The van der Waals surface area contributed by atoms with Crippen molar-refractivity contribution in [2.24, 2.45) is 5.92 Å². The molecule has 1 aliphatic rings. The van der Waals surface area contributed by atoms with Crippen LogP contribution in [0.4, 0.5) is 13.2 Å². The first-order valence-electron chi connectivity index (χ1n) is 4.68. The van der Waals surface area contributed by atoms with Gasteiger partial charge in [0.15, 0.2) is 0 Å². The number of nitrogens with zero attached hydrogens (tertiary/aromatic N) is 2. The van der Waals surface area contributed by atoms with Gasteiger partial charge in [-0.15, -0.1) is 0 Å². The van der Waals surface area contributed by atoms with Gasteiger partial charge < -0.3 is 5.01 Å². The molecule has 0 amide bonds. The van der Waals surface area contributed by atoms with Gasteiger partial charge in [0.2, 0.25) is 0 Å². The molecule has 82 valence electrons. The molecule has 0 radical (unpaired) electrons. The summed E-state index contributed by atoms with van der Waals surface area (Å²) in [7, 11) is 1.68. The van der Waals surface area contributed by atoms with Crippen LogP contribution in [0.5, 0.6) is 0 Å². The van der Waals surface area contributed by atoms with E-state index in [0.717, 1.165) is 13.0 Å². The molecule has 0 aromatic carbocycles. The highest BCUT2D eigenvalue weighted by molar-refractivity contribution is 4.96. The zero-order valence-corrected chi connectivity index (χ0v) is 8.38. The van der Waals surface area contributed by atoms with Crippen molar-refractivity contribution in [1.29, 1.82) is 0 Å². The van der Waals surface area contributed by atoms with Gasteiger partial charge in [-0.25, -0.2) is 5.01 Å². The average molecular weight is 208 g/mol. The fraction of sp³-hybridized carbons (Fsp3) is 0.778. The summed E-state index contributed by atoms with van der Waals surface area (Å²) in [5.41, 5.74) is 0. The lowest BCUT2D eigenvalue weighted by atomic mass is 10.1. The Hall–Kier alpha value is -0.710. The molecule has 0 saturated carbocycles. The molecule has 0 N–H and O–H groups in total. The summed E-state index contributed by atoms with van der Waals surface area (Å²) in [6.07, 6.45) is -0.449. The van der Waals surface area contributed by atoms with Crippen molar-refractivity contribution in [2.75, 3.05) is 20.1 Å². The first-order valence-corrected chi connectivity index (χ1v) is 4.68. The molecule has 0 aromatic rings. The summed E-state index contributed by atoms with van der Waals surface area (Å²) in [6.45, 7) is 2.77. The summed E-state index contributed by atoms with van der Waals surface area (Å²) in [5, 5.41) is 3.42. The van der Waals surface area contributed by atoms with E-state index in [0.29, 0.717) is 0 Å². The van der Waals surface area contributed by atoms with Crippen LogP contribution in [0.15, 0.2) is 12.3 Å². The molecule has 1 heterocycles. The molecule has 0 aromatic heterocycles. The van der Waals surface area contributed by atoms with Crippen molar-refractivity contribution in [3.8, 4) is 0 Å². The minimum atomic E-state index is -4.12. The minimum Gasteiger partial charge on any atom is -0.314 e. The molecular weight excluding hydrogens is 193 g/mol. The van der Waals surface area contributed by atoms with Gasteiger partial charge in [0.05, 0.1) is 5.92 Å². The Kier molecular flexibility index (Phi) is 3.42. The average Bonchev–Trinajstić information content (AvgIpc) is 2.07. The lowest BCUT2D eigenvalue weighted by molar-refractivity contribution is -0.176. The summed E-state index contributed by atoms with van der Waals surface area (Å²) in [4.78, 5) is 0. The van der Waals surface area contributed by atoms with Crippen LogP contribution >= 0.6 is 0 Å². The Morgan fingerprint density at radius 2 is 2.07 bits per heavy atom. The van der Waals surface area contributed by atoms with E-state index in [1.807, 2.05) is 11.9 Å². The lowest BCUT2D eigenvalue weighted by Crippen LogP contribution is -2.45. The highest BCUT2D eigenvalue weighted by Gasteiger charge is 2.40. The fourth-order valence-electron chi connectivity index (χ4n) is 1.45. The van der Waals surface area contributed by atoms with Crippen molar-refractivity contribution in [3.05, 3.63) is 12.3 Å². The van der Waals surface area contributed by atoms with Crippen LogP contribution in [-0.4, -0.2) is 36.3 Å². The Balaban J connectivity index is 2.62. The smallest absolute Gasteiger partial charge is 0.314 e. The Labute approximate surface area is 81.9 Å². The number of alkyl halides is 3. The predicted molar refractivity (Wildman–Crippen MR) is 48.3 cm³/mol. The molecular formula is C9H15F3N2. The molecule has 0 fully saturated rings. The van der Waals surface area contributed by atoms with E-state index in [4.69, 9.17) is 0 Å². The molecule has 1 unspecified atom stereocenters. The van der Waals surface area contributed by atoms with Crippen LogP contribution in [0, 0.1) is 5.92 Å². The van der Waals surface area contributed by atoms with Gasteiger partial charge in [0.1, 0.15) is 0 Å². The molecule has 1 atom stereocenters. The van der Waals surface area contributed by atoms with Crippen molar-refractivity contribution < 1.29 is 13.2 Å². The van der Waals surface area contributed by atoms with Crippen molar-refractivity contribution in [1.82, 2.24) is 10.0 Å². The SMILES string of the molecule is CCCN1C=CC(C(F)(F)F)CN1C. The van der Waals surface area contributed by atoms with E-state index in [9.17, 15) is 13.2 Å². The largest absolute Gasteiger partial charge is 0.396 e. The Morgan fingerprint density at radius 3 is 2.50 bits per heavy atom. The fourth-order valence-corrected chi connectivity index (χ4v) is 1.45. The van der Waals surface area contributed by atoms with E-state index >= 15 is 0 Å². The van der Waals surface area contributed by atoms with Gasteiger partial charge in [-0.1, -0.05) is 13.0 Å². The first-order chi connectivity index (χ1) is 6.45. The highest BCUT2D eigenvalue weighted by Crippen LogP contribution is 2.30. The number of rotatable bonds is 2. The predicted octanol–water partition coefficient (Wildman–Crippen LogP) is 2.25. The molecule has 1 aliphatic heterocycles. The summed E-state index contributed by atoms with van der Waals surface area (Å²) in [6, 6.07) is 0. The van der Waals surface area contributed by atoms with Crippen LogP contribution in [0.25, 0.3) is 0 Å². The second-order valence-corrected chi connectivity index (χ2v) is 3.49. The van der Waals surface area contributed by atoms with Gasteiger partial charge in [-0.2, -0.15) is 13.2 Å². The van der Waals surface area contributed by atoms with Crippen LogP contribution in [0.2, 0.25) is 0 Å². The topological polar surface area (TPSA) is 6.48 Å². The van der Waals surface area contributed by atoms with Crippen LogP contribution in [-0.2, 0) is 0 Å². The third-order valence-electron chi connectivity index (χ3n) is 2.26. The van der Waals surface area contributed by atoms with E-state index in [1.165, 1.54) is 12.3 Å². The van der Waals surface area contributed by atoms with E-state index in [2.05, 4.69) is 0 Å². The highest BCUT2D eigenvalue weighted by atomic mass is 19.4. The van der Waals surface area contributed by atoms with E-state index < -0.39 is 12.1 Å². The summed E-state index contributed by atoms with van der Waals surface area (Å²) in [5.74, 6) is -1.33. The monoisotopic (exact) mass is 208 g/mol. The molecule has 0 aliphatic carbocycles. The Bertz CT molecular complexity index is 213. The second kappa shape index (κ2) is 4.21. The first kappa shape index (κ1) is 11.4. The maximum atomic E-state index is 12.3. The molecule has 0 spiro atoms. The van der Waals surface area contributed by atoms with Crippen LogP contribution < -0.4 is 0 Å². The minimum absolute atomic E-state index is 0.0139. The van der Waals surface area contributed by atoms with Gasteiger partial charge in [-0.3, -0.25) is 0 Å². The van der Waals surface area contributed by atoms with Gasteiger partial charge in [0.25, 0.3) is 0 Å². The lowest BCUT2D eigenvalue weighted by Gasteiger charge is -2.37. The maximum Gasteiger partial charge on any atom is 0.396 e. The number of halogens is 3. The zero-order chi connectivity index (χ0) is 10.8. The van der Waals surface area contributed by atoms with Gasteiger partial charge >= 0.3 is 6.18 Å². The maximum absolute atomic E-state index is 12.3. The molecule has 0 saturated heterocycles. The second-order valence-electron chi connectivity index (χ2n) is 3.49. The normalized spacial score (nSPS) is 24.4. The van der Waals surface area contributed by atoms with Crippen LogP contribution in [0.3, 0.4) is 0 Å². The zero-order valence-electron chi connectivity index (χ0n) is 8.38. The number of hydrazine groups is 1. The third-order valence-corrected chi connectivity index (χ3v) is 2.26. The van der Waals surface area contributed by atoms with Crippen molar-refractivity contribution in [3.63, 3.8) is 0 Å². The number of hydrogen-bond donors (Lipinski definition) is 0. The summed E-state index contributed by atoms with van der Waals surface area (Å²) < 4.78 is 37.0. The third kappa shape index (κ3) is 2.64. The Morgan fingerprint density at radius 1 is 1.43 bits per heavy atom. The number of hydrogen-bond acceptors (Lipinski definition) is 2. The van der Waals surface area contributed by atoms with E-state index in [1.54, 1.807) is 12.1 Å². The summed E-state index contributed by atoms with van der Waals surface area (Å²) >= 11 is 0. The van der Waals surface area contributed by atoms with Crippen LogP contribution in [0.1, 0.15) is 13.3 Å².